The molecule has 0 unspecified atom stereocenters. The van der Waals surface area contributed by atoms with Crippen molar-refractivity contribution in [2.45, 2.75) is 13.8 Å². The van der Waals surface area contributed by atoms with E-state index in [1.165, 1.54) is 6.20 Å². The summed E-state index contributed by atoms with van der Waals surface area (Å²) in [6, 6.07) is 3.50. The van der Waals surface area contributed by atoms with E-state index in [4.69, 9.17) is 5.11 Å². The lowest BCUT2D eigenvalue weighted by Crippen LogP contribution is -2.30. The summed E-state index contributed by atoms with van der Waals surface area (Å²) >= 11 is 0. The fraction of sp³-hybridized carbons (Fsp3) is 0.462. The summed E-state index contributed by atoms with van der Waals surface area (Å²) in [7, 11) is 0. The molecule has 2 heterocycles. The second-order valence-electron chi connectivity index (χ2n) is 4.82. The van der Waals surface area contributed by atoms with Gasteiger partial charge in [-0.2, -0.15) is 0 Å². The number of carboxylic acid groups (broad SMARTS) is 1. The maximum atomic E-state index is 12.2. The molecule has 1 aliphatic rings. The van der Waals surface area contributed by atoms with Crippen LogP contribution in [0.5, 0.6) is 0 Å². The number of amides is 1. The Kier molecular flexibility index (Phi) is 3.32. The minimum atomic E-state index is -0.833. The lowest BCUT2D eigenvalue weighted by molar-refractivity contribution is -0.142. The Morgan fingerprint density at radius 2 is 2.11 bits per heavy atom. The topological polar surface area (TPSA) is 70.5 Å². The minimum Gasteiger partial charge on any atom is -0.481 e. The Labute approximate surface area is 105 Å². The highest BCUT2D eigenvalue weighted by molar-refractivity contribution is 5.94. The number of hydrogen-bond donors (Lipinski definition) is 1. The van der Waals surface area contributed by atoms with E-state index in [2.05, 4.69) is 4.98 Å². The Morgan fingerprint density at radius 3 is 2.61 bits per heavy atom. The van der Waals surface area contributed by atoms with Crippen molar-refractivity contribution in [2.24, 2.45) is 11.8 Å². The maximum absolute atomic E-state index is 12.2. The lowest BCUT2D eigenvalue weighted by Gasteiger charge is -2.15. The van der Waals surface area contributed by atoms with Crippen LogP contribution in [0.3, 0.4) is 0 Å². The molecule has 1 aromatic rings. The van der Waals surface area contributed by atoms with E-state index >= 15 is 0 Å². The summed E-state index contributed by atoms with van der Waals surface area (Å²) in [5.41, 5.74) is 1.36. The summed E-state index contributed by atoms with van der Waals surface area (Å²) in [5, 5.41) is 9.04. The van der Waals surface area contributed by atoms with Crippen LogP contribution in [0.4, 0.5) is 0 Å². The van der Waals surface area contributed by atoms with Crippen LogP contribution < -0.4 is 0 Å². The first-order valence-electron chi connectivity index (χ1n) is 5.93. The first-order valence-corrected chi connectivity index (χ1v) is 5.93. The van der Waals surface area contributed by atoms with Crippen molar-refractivity contribution in [3.8, 4) is 0 Å². The largest absolute Gasteiger partial charge is 0.481 e. The van der Waals surface area contributed by atoms with Gasteiger partial charge in [-0.25, -0.2) is 0 Å². The third kappa shape index (κ3) is 2.34. The maximum Gasteiger partial charge on any atom is 0.308 e. The number of carbonyl (C=O) groups is 2. The van der Waals surface area contributed by atoms with Gasteiger partial charge in [0.2, 0.25) is 0 Å². The van der Waals surface area contributed by atoms with Gasteiger partial charge in [0.05, 0.1) is 11.5 Å². The monoisotopic (exact) mass is 248 g/mol. The molecule has 1 aliphatic heterocycles. The van der Waals surface area contributed by atoms with Gasteiger partial charge in [0.15, 0.2) is 0 Å². The number of carbonyl (C=O) groups excluding carboxylic acids is 1. The number of rotatable bonds is 2. The third-order valence-electron chi connectivity index (χ3n) is 3.38. The minimum absolute atomic E-state index is 0.00939. The molecule has 5 nitrogen and oxygen atoms in total. The molecule has 1 amide bonds. The molecule has 0 aromatic carbocycles. The summed E-state index contributed by atoms with van der Waals surface area (Å²) in [6.45, 7) is 4.49. The summed E-state index contributed by atoms with van der Waals surface area (Å²) in [5.74, 6) is -1.45. The van der Waals surface area contributed by atoms with Gasteiger partial charge >= 0.3 is 5.97 Å². The smallest absolute Gasteiger partial charge is 0.308 e. The van der Waals surface area contributed by atoms with E-state index in [9.17, 15) is 9.59 Å². The van der Waals surface area contributed by atoms with E-state index in [1.807, 2.05) is 13.8 Å². The molecule has 0 bridgehead atoms. The molecule has 18 heavy (non-hydrogen) atoms. The van der Waals surface area contributed by atoms with Gasteiger partial charge in [0, 0.05) is 25.0 Å². The molecular formula is C13H16N2O3. The Bertz CT molecular complexity index is 470. The zero-order valence-electron chi connectivity index (χ0n) is 10.5. The molecule has 96 valence electrons. The van der Waals surface area contributed by atoms with E-state index in [0.29, 0.717) is 12.1 Å². The van der Waals surface area contributed by atoms with Gasteiger partial charge in [-0.3, -0.25) is 14.6 Å². The highest BCUT2D eigenvalue weighted by Gasteiger charge is 2.37. The molecule has 1 N–H and O–H groups in total. The molecule has 0 radical (unpaired) electrons. The van der Waals surface area contributed by atoms with Crippen LogP contribution in [0.2, 0.25) is 0 Å². The number of nitrogens with zero attached hydrogens (tertiary/aromatic N) is 2. The van der Waals surface area contributed by atoms with Crippen molar-refractivity contribution in [3.05, 3.63) is 29.6 Å². The number of aryl methyl sites for hydroxylation is 1. The molecule has 1 aromatic heterocycles. The van der Waals surface area contributed by atoms with Gasteiger partial charge in [-0.1, -0.05) is 6.92 Å². The SMILES string of the molecule is Cc1ccc(C(=O)N2C[C@@H](C)[C@H](C(=O)O)C2)cn1. The highest BCUT2D eigenvalue weighted by Crippen LogP contribution is 2.24. The molecule has 1 fully saturated rings. The first kappa shape index (κ1) is 12.5. The van der Waals surface area contributed by atoms with E-state index in [-0.39, 0.29) is 18.4 Å². The lowest BCUT2D eigenvalue weighted by atomic mass is 9.99. The molecule has 5 heteroatoms. The van der Waals surface area contributed by atoms with Crippen LogP contribution in [0.25, 0.3) is 0 Å². The normalized spacial score (nSPS) is 23.1. The Morgan fingerprint density at radius 1 is 1.39 bits per heavy atom. The quantitative estimate of drug-likeness (QED) is 0.853. The third-order valence-corrected chi connectivity index (χ3v) is 3.38. The molecule has 0 aliphatic carbocycles. The molecule has 2 atom stereocenters. The zero-order chi connectivity index (χ0) is 13.3. The average Bonchev–Trinajstić information content (AvgIpc) is 2.71. The molecule has 0 saturated carbocycles. The zero-order valence-corrected chi connectivity index (χ0v) is 10.5. The van der Waals surface area contributed by atoms with Crippen LogP contribution >= 0.6 is 0 Å². The van der Waals surface area contributed by atoms with Crippen LogP contribution in [-0.4, -0.2) is 40.0 Å². The van der Waals surface area contributed by atoms with Crippen LogP contribution in [-0.2, 0) is 4.79 Å². The van der Waals surface area contributed by atoms with Gasteiger partial charge in [0.1, 0.15) is 0 Å². The number of hydrogen-bond acceptors (Lipinski definition) is 3. The summed E-state index contributed by atoms with van der Waals surface area (Å²) in [4.78, 5) is 28.8. The van der Waals surface area contributed by atoms with E-state index < -0.39 is 11.9 Å². The van der Waals surface area contributed by atoms with Crippen LogP contribution in [0.1, 0.15) is 23.0 Å². The van der Waals surface area contributed by atoms with E-state index in [0.717, 1.165) is 5.69 Å². The van der Waals surface area contributed by atoms with E-state index in [1.54, 1.807) is 17.0 Å². The summed E-state index contributed by atoms with van der Waals surface area (Å²) in [6.07, 6.45) is 1.54. The first-order chi connectivity index (χ1) is 8.49. The van der Waals surface area contributed by atoms with Gasteiger partial charge in [-0.15, -0.1) is 0 Å². The average molecular weight is 248 g/mol. The number of pyridine rings is 1. The van der Waals surface area contributed by atoms with Gasteiger partial charge in [-0.05, 0) is 25.0 Å². The molecular weight excluding hydrogens is 232 g/mol. The highest BCUT2D eigenvalue weighted by atomic mass is 16.4. The molecule has 1 saturated heterocycles. The van der Waals surface area contributed by atoms with Crippen molar-refractivity contribution < 1.29 is 14.7 Å². The number of likely N-dealkylation sites (tertiary alicyclic amines) is 1. The van der Waals surface area contributed by atoms with Crippen molar-refractivity contribution in [3.63, 3.8) is 0 Å². The van der Waals surface area contributed by atoms with Crippen molar-refractivity contribution in [1.82, 2.24) is 9.88 Å². The number of aliphatic carboxylic acids is 1. The summed E-state index contributed by atoms with van der Waals surface area (Å²) < 4.78 is 0. The second kappa shape index (κ2) is 4.76. The van der Waals surface area contributed by atoms with Crippen molar-refractivity contribution in [1.29, 1.82) is 0 Å². The fourth-order valence-electron chi connectivity index (χ4n) is 2.23. The molecule has 0 spiro atoms. The van der Waals surface area contributed by atoms with Crippen molar-refractivity contribution >= 4 is 11.9 Å². The Hall–Kier alpha value is -1.91. The second-order valence-corrected chi connectivity index (χ2v) is 4.82. The standard InChI is InChI=1S/C13H16N2O3/c1-8-6-15(7-11(8)13(17)18)12(16)10-4-3-9(2)14-5-10/h3-5,8,11H,6-7H2,1-2H3,(H,17,18)/t8-,11-/m1/s1. The van der Waals surface area contributed by atoms with Gasteiger partial charge in [0.25, 0.3) is 5.91 Å². The number of aromatic nitrogens is 1. The number of carboxylic acids is 1. The van der Waals surface area contributed by atoms with Gasteiger partial charge < -0.3 is 10.0 Å². The van der Waals surface area contributed by atoms with Crippen LogP contribution in [0, 0.1) is 18.8 Å². The predicted molar refractivity (Wildman–Crippen MR) is 65.2 cm³/mol. The fourth-order valence-corrected chi connectivity index (χ4v) is 2.23. The van der Waals surface area contributed by atoms with Crippen LogP contribution in [0.15, 0.2) is 18.3 Å². The molecule has 2 rings (SSSR count). The van der Waals surface area contributed by atoms with Crippen molar-refractivity contribution in [2.75, 3.05) is 13.1 Å². The predicted octanol–water partition coefficient (Wildman–Crippen LogP) is 1.18. The Balaban J connectivity index is 2.12.